The Morgan fingerprint density at radius 2 is 1.85 bits per heavy atom. The van der Waals surface area contributed by atoms with Gasteiger partial charge in [0.2, 0.25) is 17.5 Å². The van der Waals surface area contributed by atoms with E-state index in [1.807, 2.05) is 6.92 Å². The molecule has 1 unspecified atom stereocenters. The number of oxazole rings is 1. The summed E-state index contributed by atoms with van der Waals surface area (Å²) in [5.41, 5.74) is 1.19. The van der Waals surface area contributed by atoms with Crippen LogP contribution in [-0.4, -0.2) is 55.1 Å². The molecule has 0 saturated heterocycles. The molecule has 2 amide bonds. The highest BCUT2D eigenvalue weighted by atomic mass is 16.4. The van der Waals surface area contributed by atoms with Crippen LogP contribution in [0.3, 0.4) is 0 Å². The van der Waals surface area contributed by atoms with Crippen LogP contribution in [0.4, 0.5) is 0 Å². The van der Waals surface area contributed by atoms with Crippen molar-refractivity contribution in [2.45, 2.75) is 45.7 Å². The number of rotatable bonds is 9. The number of nitrogens with zero attached hydrogens (tertiary/aromatic N) is 3. The summed E-state index contributed by atoms with van der Waals surface area (Å²) < 4.78 is 5.57. The number of aromatic nitrogens is 4. The summed E-state index contributed by atoms with van der Waals surface area (Å²) in [6, 6.07) is 6.03. The number of carboxylic acids is 1. The van der Waals surface area contributed by atoms with Crippen molar-refractivity contribution in [3.8, 4) is 22.8 Å². The minimum atomic E-state index is -1.13. The summed E-state index contributed by atoms with van der Waals surface area (Å²) >= 11 is 0. The summed E-state index contributed by atoms with van der Waals surface area (Å²) in [7, 11) is 0. The largest absolute Gasteiger partial charge is 0.480 e. The molecular formula is C23H26N6O5. The molecule has 34 heavy (non-hydrogen) atoms. The Morgan fingerprint density at radius 1 is 1.12 bits per heavy atom. The van der Waals surface area contributed by atoms with Gasteiger partial charge in [-0.3, -0.25) is 14.7 Å². The smallest absolute Gasteiger partial charge is 0.326 e. The molecule has 178 valence electrons. The predicted octanol–water partition coefficient (Wildman–Crippen LogP) is 2.49. The third-order valence-corrected chi connectivity index (χ3v) is 5.70. The number of benzene rings is 1. The Bertz CT molecular complexity index is 1210. The quantitative estimate of drug-likeness (QED) is 0.374. The van der Waals surface area contributed by atoms with Crippen molar-refractivity contribution in [3.63, 3.8) is 0 Å². The van der Waals surface area contributed by atoms with E-state index in [-0.39, 0.29) is 35.3 Å². The zero-order valence-electron chi connectivity index (χ0n) is 19.0. The number of aliphatic carboxylic acids is 1. The van der Waals surface area contributed by atoms with Crippen molar-refractivity contribution in [2.24, 2.45) is 11.8 Å². The molecule has 0 radical (unpaired) electrons. The van der Waals surface area contributed by atoms with Gasteiger partial charge in [-0.1, -0.05) is 26.0 Å². The highest BCUT2D eigenvalue weighted by Crippen LogP contribution is 2.32. The summed E-state index contributed by atoms with van der Waals surface area (Å²) in [5, 5.41) is 21.4. The minimum absolute atomic E-state index is 0.0899. The number of nitrogens with one attached hydrogen (secondary N) is 3. The Morgan fingerprint density at radius 3 is 2.53 bits per heavy atom. The molecule has 3 aromatic rings. The molecular weight excluding hydrogens is 440 g/mol. The molecule has 0 aliphatic heterocycles. The summed E-state index contributed by atoms with van der Waals surface area (Å²) in [5.74, 6) is -1.35. The van der Waals surface area contributed by atoms with Crippen LogP contribution in [-0.2, 0) is 4.79 Å². The lowest BCUT2D eigenvalue weighted by Crippen LogP contribution is -2.44. The molecule has 2 aromatic heterocycles. The normalized spacial score (nSPS) is 15.1. The van der Waals surface area contributed by atoms with Crippen molar-refractivity contribution < 1.29 is 23.9 Å². The lowest BCUT2D eigenvalue weighted by Gasteiger charge is -2.16. The first-order valence-electron chi connectivity index (χ1n) is 11.1. The van der Waals surface area contributed by atoms with Crippen LogP contribution in [0.15, 0.2) is 34.9 Å². The maximum atomic E-state index is 12.4. The number of hydrogen-bond acceptors (Lipinski definition) is 7. The third kappa shape index (κ3) is 5.13. The summed E-state index contributed by atoms with van der Waals surface area (Å²) in [6.07, 6.45) is 3.49. The van der Waals surface area contributed by atoms with Crippen LogP contribution >= 0.6 is 0 Å². The van der Waals surface area contributed by atoms with Gasteiger partial charge >= 0.3 is 5.97 Å². The van der Waals surface area contributed by atoms with Crippen molar-refractivity contribution in [1.82, 2.24) is 30.8 Å². The number of carbonyl (C=O) groups excluding carboxylic acids is 2. The van der Waals surface area contributed by atoms with E-state index in [1.54, 1.807) is 38.1 Å². The van der Waals surface area contributed by atoms with Crippen molar-refractivity contribution in [3.05, 3.63) is 42.0 Å². The highest BCUT2D eigenvalue weighted by molar-refractivity contribution is 5.94. The van der Waals surface area contributed by atoms with Gasteiger partial charge in [-0.15, -0.1) is 0 Å². The van der Waals surface area contributed by atoms with Gasteiger partial charge in [0, 0.05) is 17.2 Å². The molecule has 2 atom stereocenters. The van der Waals surface area contributed by atoms with Crippen LogP contribution in [0, 0.1) is 11.8 Å². The molecule has 1 saturated carbocycles. The number of amides is 2. The zero-order chi connectivity index (χ0) is 24.4. The molecule has 0 bridgehead atoms. The van der Waals surface area contributed by atoms with E-state index in [0.29, 0.717) is 22.9 Å². The lowest BCUT2D eigenvalue weighted by atomic mass is 10.0. The number of H-pyrrole nitrogens is 1. The molecule has 11 nitrogen and oxygen atoms in total. The molecule has 4 rings (SSSR count). The van der Waals surface area contributed by atoms with Crippen molar-refractivity contribution >= 4 is 17.8 Å². The second-order valence-electron chi connectivity index (χ2n) is 8.75. The second kappa shape index (κ2) is 9.46. The Hall–Kier alpha value is -4.02. The fourth-order valence-corrected chi connectivity index (χ4v) is 3.51. The Labute approximate surface area is 195 Å². The molecule has 11 heteroatoms. The standard InChI is InChI=1S/C23H26N6O5/c1-11(2)17(23(32)33)26-20(30)16-10-24-22(34-16)15-6-4-5-14(9-15)18-27-19(29-28-18)21(31)25-12(3)13-7-8-13/h4-6,9-13,17H,7-8H2,1-3H3,(H,25,31)(H,26,30)(H,32,33)(H,27,28,29)/t12-,17?/m0/s1. The third-order valence-electron chi connectivity index (χ3n) is 5.70. The van der Waals surface area contributed by atoms with E-state index in [1.165, 1.54) is 6.20 Å². The van der Waals surface area contributed by atoms with Crippen LogP contribution < -0.4 is 10.6 Å². The van der Waals surface area contributed by atoms with Crippen LogP contribution in [0.5, 0.6) is 0 Å². The van der Waals surface area contributed by atoms with Crippen LogP contribution in [0.25, 0.3) is 22.8 Å². The second-order valence-corrected chi connectivity index (χ2v) is 8.75. The maximum Gasteiger partial charge on any atom is 0.326 e. The van der Waals surface area contributed by atoms with Gasteiger partial charge in [-0.05, 0) is 43.7 Å². The Kier molecular flexibility index (Phi) is 6.44. The fraction of sp³-hybridized carbons (Fsp3) is 0.391. The van der Waals surface area contributed by atoms with Crippen LogP contribution in [0.1, 0.15) is 54.8 Å². The molecule has 1 aliphatic carbocycles. The van der Waals surface area contributed by atoms with Crippen molar-refractivity contribution in [1.29, 1.82) is 0 Å². The van der Waals surface area contributed by atoms with Crippen molar-refractivity contribution in [2.75, 3.05) is 0 Å². The zero-order valence-corrected chi connectivity index (χ0v) is 19.0. The van der Waals surface area contributed by atoms with E-state index in [9.17, 15) is 19.5 Å². The average Bonchev–Trinajstić information content (AvgIpc) is 3.33. The molecule has 1 fully saturated rings. The average molecular weight is 466 g/mol. The van der Waals surface area contributed by atoms with E-state index in [0.717, 1.165) is 12.8 Å². The SMILES string of the molecule is CC(C)C(NC(=O)c1cnc(-c2cccc(-c3n[nH]c(C(=O)N[C@@H](C)C4CC4)n3)c2)o1)C(=O)O. The fourth-order valence-electron chi connectivity index (χ4n) is 3.51. The topological polar surface area (TPSA) is 163 Å². The number of aromatic amines is 1. The van der Waals surface area contributed by atoms with E-state index in [2.05, 4.69) is 30.8 Å². The maximum absolute atomic E-state index is 12.4. The number of carbonyl (C=O) groups is 3. The predicted molar refractivity (Wildman–Crippen MR) is 121 cm³/mol. The molecule has 1 aliphatic rings. The lowest BCUT2D eigenvalue weighted by molar-refractivity contribution is -0.140. The van der Waals surface area contributed by atoms with Gasteiger partial charge < -0.3 is 20.2 Å². The van der Waals surface area contributed by atoms with E-state index >= 15 is 0 Å². The molecule has 4 N–H and O–H groups in total. The Balaban J connectivity index is 1.48. The van der Waals surface area contributed by atoms with E-state index < -0.39 is 17.9 Å². The van der Waals surface area contributed by atoms with Crippen LogP contribution in [0.2, 0.25) is 0 Å². The highest BCUT2D eigenvalue weighted by Gasteiger charge is 2.30. The summed E-state index contributed by atoms with van der Waals surface area (Å²) in [4.78, 5) is 44.6. The minimum Gasteiger partial charge on any atom is -0.480 e. The molecule has 0 spiro atoms. The van der Waals surface area contributed by atoms with Gasteiger partial charge in [0.15, 0.2) is 5.82 Å². The first-order valence-corrected chi connectivity index (χ1v) is 11.1. The number of carboxylic acid groups (broad SMARTS) is 1. The first kappa shape index (κ1) is 23.1. The molecule has 2 heterocycles. The molecule has 1 aromatic carbocycles. The van der Waals surface area contributed by atoms with Gasteiger partial charge in [0.05, 0.1) is 6.20 Å². The monoisotopic (exact) mass is 466 g/mol. The van der Waals surface area contributed by atoms with Gasteiger partial charge in [0.25, 0.3) is 11.8 Å². The first-order chi connectivity index (χ1) is 16.2. The van der Waals surface area contributed by atoms with Gasteiger partial charge in [0.1, 0.15) is 6.04 Å². The van der Waals surface area contributed by atoms with Gasteiger partial charge in [-0.25, -0.2) is 14.8 Å². The van der Waals surface area contributed by atoms with E-state index in [4.69, 9.17) is 4.42 Å². The van der Waals surface area contributed by atoms with Gasteiger partial charge in [-0.2, -0.15) is 5.10 Å². The number of hydrogen-bond donors (Lipinski definition) is 4. The summed E-state index contributed by atoms with van der Waals surface area (Å²) in [6.45, 7) is 5.37.